The summed E-state index contributed by atoms with van der Waals surface area (Å²) in [6.07, 6.45) is 6.53. The first-order chi connectivity index (χ1) is 12.3. The van der Waals surface area contributed by atoms with E-state index in [4.69, 9.17) is 5.73 Å². The van der Waals surface area contributed by atoms with Crippen molar-refractivity contribution in [1.82, 2.24) is 3.96 Å². The van der Waals surface area contributed by atoms with Crippen molar-refractivity contribution in [3.8, 4) is 0 Å². The summed E-state index contributed by atoms with van der Waals surface area (Å²) in [5, 5.41) is 0. The van der Waals surface area contributed by atoms with Gasteiger partial charge in [0.1, 0.15) is 4.67 Å². The first-order valence-electron chi connectivity index (χ1n) is 9.95. The van der Waals surface area contributed by atoms with Crippen LogP contribution in [0.4, 0.5) is 0 Å². The normalized spacial score (nSPS) is 25.7. The second-order valence-corrected chi connectivity index (χ2v) is 10.6. The summed E-state index contributed by atoms with van der Waals surface area (Å²) in [5.41, 5.74) is 5.59. The molecule has 2 N–H and O–H groups in total. The number of hydrogen-bond acceptors (Lipinski definition) is 3. The van der Waals surface area contributed by atoms with Crippen LogP contribution in [-0.2, 0) is 21.5 Å². The van der Waals surface area contributed by atoms with Gasteiger partial charge in [0.15, 0.2) is 0 Å². The molecule has 27 heavy (non-hydrogen) atoms. The summed E-state index contributed by atoms with van der Waals surface area (Å²) in [5.74, 6) is -0.724. The van der Waals surface area contributed by atoms with Gasteiger partial charge in [0.2, 0.25) is 5.91 Å². The fourth-order valence-electron chi connectivity index (χ4n) is 3.89. The minimum absolute atomic E-state index is 0.0420. The van der Waals surface area contributed by atoms with Crippen molar-refractivity contribution < 1.29 is 9.59 Å². The quantitative estimate of drug-likeness (QED) is 0.820. The first kappa shape index (κ1) is 21.9. The van der Waals surface area contributed by atoms with E-state index in [0.717, 1.165) is 29.5 Å². The molecule has 1 saturated carbocycles. The molecular formula is C21H35N3O2S. The van der Waals surface area contributed by atoms with E-state index in [1.54, 1.807) is 11.5 Å². The molecule has 2 atom stereocenters. The van der Waals surface area contributed by atoms with Crippen LogP contribution < -0.4 is 10.4 Å². The van der Waals surface area contributed by atoms with Crippen molar-refractivity contribution in [2.45, 2.75) is 86.1 Å². The molecule has 0 radical (unpaired) electrons. The molecule has 152 valence electrons. The number of nitrogens with two attached hydrogens (primary N) is 1. The van der Waals surface area contributed by atoms with Gasteiger partial charge in [0.05, 0.1) is 5.41 Å². The van der Waals surface area contributed by atoms with E-state index in [9.17, 15) is 9.59 Å². The van der Waals surface area contributed by atoms with Gasteiger partial charge in [-0.15, -0.1) is 0 Å². The third-order valence-corrected chi connectivity index (χ3v) is 7.85. The Morgan fingerprint density at radius 3 is 2.44 bits per heavy atom. The molecule has 2 unspecified atom stereocenters. The van der Waals surface area contributed by atoms with Crippen molar-refractivity contribution in [2.24, 2.45) is 27.5 Å². The lowest BCUT2D eigenvalue weighted by Gasteiger charge is -2.38. The predicted octanol–water partition coefficient (Wildman–Crippen LogP) is 4.00. The lowest BCUT2D eigenvalue weighted by molar-refractivity contribution is -0.135. The summed E-state index contributed by atoms with van der Waals surface area (Å²) in [6.45, 7) is 14.5. The molecular weight excluding hydrogens is 358 g/mol. The molecule has 2 rings (SSSR count). The van der Waals surface area contributed by atoms with Crippen LogP contribution in [-0.4, -0.2) is 15.8 Å². The summed E-state index contributed by atoms with van der Waals surface area (Å²) >= 11 is 1.55. The van der Waals surface area contributed by atoms with Gasteiger partial charge in [-0.05, 0) is 63.4 Å². The zero-order chi connectivity index (χ0) is 20.6. The topological polar surface area (TPSA) is 77.4 Å². The fourth-order valence-corrected chi connectivity index (χ4v) is 4.93. The molecule has 0 bridgehead atoms. The van der Waals surface area contributed by atoms with Crippen LogP contribution in [0, 0.1) is 16.7 Å². The van der Waals surface area contributed by atoms with Crippen molar-refractivity contribution >= 4 is 23.3 Å². The number of unbranched alkanes of at least 4 members (excludes halogenated alkanes) is 1. The van der Waals surface area contributed by atoms with Crippen molar-refractivity contribution in [2.75, 3.05) is 0 Å². The lowest BCUT2D eigenvalue weighted by Crippen LogP contribution is -2.45. The number of nitrogens with zero attached hydrogens (tertiary/aromatic N) is 2. The van der Waals surface area contributed by atoms with E-state index in [1.807, 2.05) is 20.8 Å². The van der Waals surface area contributed by atoms with Crippen LogP contribution in [0.3, 0.4) is 0 Å². The van der Waals surface area contributed by atoms with Gasteiger partial charge >= 0.3 is 0 Å². The molecule has 1 aliphatic carbocycles. The molecule has 0 spiro atoms. The smallest absolute Gasteiger partial charge is 0.250 e. The van der Waals surface area contributed by atoms with E-state index in [1.165, 1.54) is 0 Å². The van der Waals surface area contributed by atoms with Gasteiger partial charge in [-0.1, -0.05) is 34.1 Å². The van der Waals surface area contributed by atoms with E-state index in [-0.39, 0.29) is 23.3 Å². The number of carbonyl (C=O) groups is 2. The number of rotatable bonds is 5. The summed E-state index contributed by atoms with van der Waals surface area (Å²) in [6, 6.07) is 0. The van der Waals surface area contributed by atoms with E-state index >= 15 is 0 Å². The van der Waals surface area contributed by atoms with Crippen LogP contribution in [0.2, 0.25) is 0 Å². The average Bonchev–Trinajstić information content (AvgIpc) is 3.05. The van der Waals surface area contributed by atoms with Gasteiger partial charge in [-0.3, -0.25) is 13.5 Å². The second-order valence-electron chi connectivity index (χ2n) is 9.61. The Kier molecular flexibility index (Phi) is 6.10. The number of aromatic nitrogens is 1. The standard InChI is InChI=1S/C21H35N3O2S/c1-8-9-10-14-13-24(19(2,3)4)27-17(14)23-16(25)15-11-12-21(7,18(22)26)20(15,5)6/h13,15H,8-12H2,1-7H3,(H2,22,26). The Labute approximate surface area is 167 Å². The van der Waals surface area contributed by atoms with Crippen LogP contribution in [0.5, 0.6) is 0 Å². The number of carbonyl (C=O) groups excluding carboxylic acids is 2. The molecule has 1 fully saturated rings. The zero-order valence-corrected chi connectivity index (χ0v) is 18.7. The van der Waals surface area contributed by atoms with Gasteiger partial charge in [-0.25, -0.2) is 4.99 Å². The minimum Gasteiger partial charge on any atom is -0.369 e. The first-order valence-corrected chi connectivity index (χ1v) is 10.7. The summed E-state index contributed by atoms with van der Waals surface area (Å²) in [4.78, 5) is 29.7. The number of hydrogen-bond donors (Lipinski definition) is 1. The van der Waals surface area contributed by atoms with Crippen molar-refractivity contribution in [3.05, 3.63) is 16.4 Å². The fraction of sp³-hybridized carbons (Fsp3) is 0.762. The van der Waals surface area contributed by atoms with Crippen LogP contribution in [0.25, 0.3) is 0 Å². The van der Waals surface area contributed by atoms with E-state index < -0.39 is 10.8 Å². The third-order valence-electron chi connectivity index (χ3n) is 6.47. The Hall–Kier alpha value is -1.43. The van der Waals surface area contributed by atoms with Gasteiger partial charge in [0.25, 0.3) is 5.91 Å². The van der Waals surface area contributed by atoms with Crippen LogP contribution >= 0.6 is 11.5 Å². The van der Waals surface area contributed by atoms with Crippen molar-refractivity contribution in [1.29, 1.82) is 0 Å². The highest BCUT2D eigenvalue weighted by molar-refractivity contribution is 7.04. The molecule has 1 aromatic rings. The van der Waals surface area contributed by atoms with Crippen LogP contribution in [0.1, 0.15) is 79.7 Å². The Morgan fingerprint density at radius 1 is 1.33 bits per heavy atom. The van der Waals surface area contributed by atoms with Gasteiger partial charge in [0, 0.05) is 23.2 Å². The second kappa shape index (κ2) is 7.53. The molecule has 2 amide bonds. The molecule has 1 aromatic heterocycles. The molecule has 6 heteroatoms. The van der Waals surface area contributed by atoms with Gasteiger partial charge in [-0.2, -0.15) is 0 Å². The van der Waals surface area contributed by atoms with E-state index in [0.29, 0.717) is 12.8 Å². The Balaban J connectivity index is 2.42. The Morgan fingerprint density at radius 2 is 1.96 bits per heavy atom. The summed E-state index contributed by atoms with van der Waals surface area (Å²) in [7, 11) is 0. The maximum Gasteiger partial charge on any atom is 0.250 e. The Bertz CT molecular complexity index is 782. The molecule has 1 heterocycles. The SMILES string of the molecule is CCCCc1cn(C(C)(C)C)sc1=NC(=O)C1CCC(C)(C(N)=O)C1(C)C. The number of amides is 2. The lowest BCUT2D eigenvalue weighted by atomic mass is 9.65. The summed E-state index contributed by atoms with van der Waals surface area (Å²) < 4.78 is 2.99. The zero-order valence-electron chi connectivity index (χ0n) is 17.9. The molecule has 0 aromatic carbocycles. The monoisotopic (exact) mass is 393 g/mol. The third kappa shape index (κ3) is 4.05. The largest absolute Gasteiger partial charge is 0.369 e. The highest BCUT2D eigenvalue weighted by atomic mass is 32.1. The molecule has 0 aliphatic heterocycles. The van der Waals surface area contributed by atoms with Crippen molar-refractivity contribution in [3.63, 3.8) is 0 Å². The average molecular weight is 394 g/mol. The number of primary amides is 1. The predicted molar refractivity (Wildman–Crippen MR) is 110 cm³/mol. The van der Waals surface area contributed by atoms with Crippen LogP contribution in [0.15, 0.2) is 11.2 Å². The molecule has 1 aliphatic rings. The highest BCUT2D eigenvalue weighted by Gasteiger charge is 2.57. The van der Waals surface area contributed by atoms with Gasteiger partial charge < -0.3 is 5.73 Å². The van der Waals surface area contributed by atoms with E-state index in [2.05, 4.69) is 42.8 Å². The molecule has 0 saturated heterocycles. The minimum atomic E-state index is -0.672. The maximum absolute atomic E-state index is 13.1. The molecule has 5 nitrogen and oxygen atoms in total. The maximum atomic E-state index is 13.1. The number of aryl methyl sites for hydroxylation is 1. The highest BCUT2D eigenvalue weighted by Crippen LogP contribution is 2.56.